The molecule has 0 bridgehead atoms. The lowest BCUT2D eigenvalue weighted by molar-refractivity contribution is -0.145. The van der Waals surface area contributed by atoms with Crippen molar-refractivity contribution in [2.45, 2.75) is 13.8 Å². The van der Waals surface area contributed by atoms with E-state index in [1.165, 1.54) is 0 Å². The average Bonchev–Trinajstić information content (AvgIpc) is 2.78. The standard InChI is InChI=1S/C16H16BrNO5S/c1-3-22-12-6-5-10(7-11(12)17)8-13-15(20)18(16(21)24-13)9-14(19)23-4-2/h5-8H,3-4,9H2,1-2H3/b13-8+. The quantitative estimate of drug-likeness (QED) is 0.525. The number of thioether (sulfide) groups is 1. The first-order valence-electron chi connectivity index (χ1n) is 7.29. The first kappa shape index (κ1) is 18.5. The van der Waals surface area contributed by atoms with Crippen LogP contribution in [-0.4, -0.2) is 41.8 Å². The summed E-state index contributed by atoms with van der Waals surface area (Å²) in [6.45, 7) is 3.92. The fourth-order valence-corrected chi connectivity index (χ4v) is 3.35. The van der Waals surface area contributed by atoms with E-state index < -0.39 is 17.1 Å². The highest BCUT2D eigenvalue weighted by Crippen LogP contribution is 2.33. The van der Waals surface area contributed by atoms with Crippen LogP contribution in [0.5, 0.6) is 5.75 Å². The Bertz CT molecular complexity index is 704. The Morgan fingerprint density at radius 3 is 2.67 bits per heavy atom. The minimum absolute atomic E-state index is 0.200. The van der Waals surface area contributed by atoms with Crippen molar-refractivity contribution < 1.29 is 23.9 Å². The van der Waals surface area contributed by atoms with E-state index in [2.05, 4.69) is 15.9 Å². The van der Waals surface area contributed by atoms with Crippen molar-refractivity contribution in [1.29, 1.82) is 0 Å². The molecule has 0 aromatic heterocycles. The van der Waals surface area contributed by atoms with E-state index in [1.807, 2.05) is 6.92 Å². The SMILES string of the molecule is CCOC(=O)CN1C(=O)S/C(=C/c2ccc(OCC)c(Br)c2)C1=O. The number of halogens is 1. The number of carbonyl (C=O) groups is 3. The van der Waals surface area contributed by atoms with Crippen LogP contribution in [0, 0.1) is 0 Å². The summed E-state index contributed by atoms with van der Waals surface area (Å²) >= 11 is 4.20. The lowest BCUT2D eigenvalue weighted by atomic mass is 10.2. The number of rotatable bonds is 6. The number of ether oxygens (including phenoxy) is 2. The zero-order valence-electron chi connectivity index (χ0n) is 13.2. The molecule has 24 heavy (non-hydrogen) atoms. The van der Waals surface area contributed by atoms with Gasteiger partial charge in [0.25, 0.3) is 11.1 Å². The van der Waals surface area contributed by atoms with Crippen LogP contribution in [0.2, 0.25) is 0 Å². The average molecular weight is 414 g/mol. The highest BCUT2D eigenvalue weighted by molar-refractivity contribution is 9.10. The molecule has 1 aliphatic heterocycles. The Labute approximate surface area is 152 Å². The van der Waals surface area contributed by atoms with Crippen molar-refractivity contribution in [3.63, 3.8) is 0 Å². The topological polar surface area (TPSA) is 72.9 Å². The van der Waals surface area contributed by atoms with Gasteiger partial charge in [0, 0.05) is 0 Å². The van der Waals surface area contributed by atoms with Crippen molar-refractivity contribution in [2.24, 2.45) is 0 Å². The van der Waals surface area contributed by atoms with Crippen molar-refractivity contribution in [3.05, 3.63) is 33.1 Å². The van der Waals surface area contributed by atoms with Crippen LogP contribution in [-0.2, 0) is 14.3 Å². The predicted octanol–water partition coefficient (Wildman–Crippen LogP) is 3.45. The van der Waals surface area contributed by atoms with E-state index >= 15 is 0 Å². The molecule has 128 valence electrons. The Balaban J connectivity index is 2.16. The normalized spacial score (nSPS) is 16.0. The highest BCUT2D eigenvalue weighted by atomic mass is 79.9. The van der Waals surface area contributed by atoms with Crippen molar-refractivity contribution in [2.75, 3.05) is 19.8 Å². The second kappa shape index (κ2) is 8.34. The number of hydrogen-bond donors (Lipinski definition) is 0. The van der Waals surface area contributed by atoms with Crippen LogP contribution in [0.3, 0.4) is 0 Å². The molecule has 8 heteroatoms. The fourth-order valence-electron chi connectivity index (χ4n) is 2.00. The maximum atomic E-state index is 12.3. The second-order valence-electron chi connectivity index (χ2n) is 4.70. The summed E-state index contributed by atoms with van der Waals surface area (Å²) in [6.07, 6.45) is 1.61. The molecule has 2 amide bonds. The Morgan fingerprint density at radius 1 is 1.29 bits per heavy atom. The van der Waals surface area contributed by atoms with Crippen LogP contribution in [0.4, 0.5) is 4.79 Å². The molecule has 6 nitrogen and oxygen atoms in total. The van der Waals surface area contributed by atoms with Gasteiger partial charge in [0.1, 0.15) is 12.3 Å². The largest absolute Gasteiger partial charge is 0.493 e. The summed E-state index contributed by atoms with van der Waals surface area (Å²) in [6, 6.07) is 5.36. The van der Waals surface area contributed by atoms with Gasteiger partial charge in [0.2, 0.25) is 0 Å². The van der Waals surface area contributed by atoms with Crippen molar-refractivity contribution in [1.82, 2.24) is 4.90 Å². The Morgan fingerprint density at radius 2 is 2.04 bits per heavy atom. The van der Waals surface area contributed by atoms with Crippen molar-refractivity contribution >= 4 is 50.9 Å². The number of imide groups is 1. The van der Waals surface area contributed by atoms with Gasteiger partial charge in [-0.15, -0.1) is 0 Å². The van der Waals surface area contributed by atoms with Crippen LogP contribution in [0.15, 0.2) is 27.6 Å². The maximum Gasteiger partial charge on any atom is 0.326 e. The van der Waals surface area contributed by atoms with Gasteiger partial charge in [0.05, 0.1) is 22.6 Å². The van der Waals surface area contributed by atoms with E-state index in [1.54, 1.807) is 31.2 Å². The van der Waals surface area contributed by atoms with E-state index in [9.17, 15) is 14.4 Å². The minimum Gasteiger partial charge on any atom is -0.493 e. The first-order chi connectivity index (χ1) is 11.5. The number of esters is 1. The Kier molecular flexibility index (Phi) is 6.44. The molecule has 1 saturated heterocycles. The molecule has 0 atom stereocenters. The molecular formula is C16H16BrNO5S. The minimum atomic E-state index is -0.607. The smallest absolute Gasteiger partial charge is 0.326 e. The highest BCUT2D eigenvalue weighted by Gasteiger charge is 2.36. The van der Waals surface area contributed by atoms with Gasteiger partial charge in [-0.1, -0.05) is 6.07 Å². The fraction of sp³-hybridized carbons (Fsp3) is 0.312. The van der Waals surface area contributed by atoms with Gasteiger partial charge in [-0.2, -0.15) is 0 Å². The third-order valence-corrected chi connectivity index (χ3v) is 4.55. The van der Waals surface area contributed by atoms with E-state index in [4.69, 9.17) is 9.47 Å². The summed E-state index contributed by atoms with van der Waals surface area (Å²) in [4.78, 5) is 36.8. The number of amides is 2. The number of hydrogen-bond acceptors (Lipinski definition) is 6. The number of nitrogens with zero attached hydrogens (tertiary/aromatic N) is 1. The number of carbonyl (C=O) groups excluding carboxylic acids is 3. The van der Waals surface area contributed by atoms with E-state index in [0.717, 1.165) is 26.7 Å². The third kappa shape index (κ3) is 4.39. The summed E-state index contributed by atoms with van der Waals surface area (Å²) in [5.41, 5.74) is 0.743. The van der Waals surface area contributed by atoms with Crippen molar-refractivity contribution in [3.8, 4) is 5.75 Å². The molecule has 0 N–H and O–H groups in total. The summed E-state index contributed by atoms with van der Waals surface area (Å²) in [5, 5.41) is -0.482. The zero-order chi connectivity index (χ0) is 17.7. The van der Waals surface area contributed by atoms with Crippen LogP contribution < -0.4 is 4.74 Å². The molecular weight excluding hydrogens is 398 g/mol. The maximum absolute atomic E-state index is 12.3. The van der Waals surface area contributed by atoms with Gasteiger partial charge >= 0.3 is 5.97 Å². The predicted molar refractivity (Wildman–Crippen MR) is 94.6 cm³/mol. The van der Waals surface area contributed by atoms with Gasteiger partial charge in [-0.05, 0) is 65.3 Å². The molecule has 1 fully saturated rings. The molecule has 2 rings (SSSR count). The second-order valence-corrected chi connectivity index (χ2v) is 6.54. The monoisotopic (exact) mass is 413 g/mol. The van der Waals surface area contributed by atoms with Gasteiger partial charge in [-0.25, -0.2) is 0 Å². The molecule has 0 saturated carbocycles. The van der Waals surface area contributed by atoms with Crippen LogP contribution in [0.1, 0.15) is 19.4 Å². The molecule has 1 aromatic carbocycles. The van der Waals surface area contributed by atoms with Gasteiger partial charge < -0.3 is 9.47 Å². The lowest BCUT2D eigenvalue weighted by Crippen LogP contribution is -2.34. The molecule has 0 spiro atoms. The molecule has 1 heterocycles. The van der Waals surface area contributed by atoms with Gasteiger partial charge in [0.15, 0.2) is 0 Å². The summed E-state index contributed by atoms with van der Waals surface area (Å²) < 4.78 is 11.0. The molecule has 0 radical (unpaired) electrons. The summed E-state index contributed by atoms with van der Waals surface area (Å²) in [5.74, 6) is -0.405. The molecule has 1 aromatic rings. The molecule has 1 aliphatic rings. The number of benzene rings is 1. The van der Waals surface area contributed by atoms with Gasteiger partial charge in [-0.3, -0.25) is 19.3 Å². The third-order valence-electron chi connectivity index (χ3n) is 3.02. The Hall–Kier alpha value is -1.80. The van der Waals surface area contributed by atoms with Crippen LogP contribution >= 0.6 is 27.7 Å². The lowest BCUT2D eigenvalue weighted by Gasteiger charge is -2.10. The zero-order valence-corrected chi connectivity index (χ0v) is 15.6. The first-order valence-corrected chi connectivity index (χ1v) is 8.90. The molecule has 0 unspecified atom stereocenters. The van der Waals surface area contributed by atoms with Crippen LogP contribution in [0.25, 0.3) is 6.08 Å². The van der Waals surface area contributed by atoms with E-state index in [-0.39, 0.29) is 18.1 Å². The van der Waals surface area contributed by atoms with E-state index in [0.29, 0.717) is 12.4 Å². The summed E-state index contributed by atoms with van der Waals surface area (Å²) in [7, 11) is 0. The molecule has 0 aliphatic carbocycles.